The van der Waals surface area contributed by atoms with E-state index in [-0.39, 0.29) is 0 Å². The molecule has 0 bridgehead atoms. The number of hydrogen-bond acceptors (Lipinski definition) is 5. The van der Waals surface area contributed by atoms with Crippen molar-refractivity contribution in [3.63, 3.8) is 0 Å². The van der Waals surface area contributed by atoms with Crippen molar-refractivity contribution in [2.24, 2.45) is 0 Å². The summed E-state index contributed by atoms with van der Waals surface area (Å²) in [6.45, 7) is 3.73. The summed E-state index contributed by atoms with van der Waals surface area (Å²) in [7, 11) is 0. The fourth-order valence-corrected chi connectivity index (χ4v) is 2.69. The molecule has 0 aliphatic rings. The van der Waals surface area contributed by atoms with Crippen molar-refractivity contribution >= 4 is 27.2 Å². The number of rotatable bonds is 5. The van der Waals surface area contributed by atoms with E-state index in [9.17, 15) is 0 Å². The maximum Gasteiger partial charge on any atom is 0.146 e. The van der Waals surface area contributed by atoms with Crippen molar-refractivity contribution < 1.29 is 0 Å². The van der Waals surface area contributed by atoms with Gasteiger partial charge in [-0.1, -0.05) is 6.92 Å². The minimum absolute atomic E-state index is 0.685. The lowest BCUT2D eigenvalue weighted by Crippen LogP contribution is -2.09. The average Bonchev–Trinajstić information content (AvgIpc) is 3.05. The average molecular weight is 273 g/mol. The first-order valence-electron chi connectivity index (χ1n) is 6.30. The van der Waals surface area contributed by atoms with Gasteiger partial charge in [-0.3, -0.25) is 0 Å². The van der Waals surface area contributed by atoms with Gasteiger partial charge in [-0.2, -0.15) is 5.10 Å². The summed E-state index contributed by atoms with van der Waals surface area (Å²) in [5.41, 5.74) is 4.00. The maximum absolute atomic E-state index is 4.28. The van der Waals surface area contributed by atoms with Gasteiger partial charge in [-0.05, 0) is 24.6 Å². The Labute approximate surface area is 115 Å². The second-order valence-corrected chi connectivity index (χ2v) is 5.17. The molecule has 6 heteroatoms. The SMILES string of the molecule is CCCn1ncnc1CNc1ccc2ncsc2c1. The van der Waals surface area contributed by atoms with Gasteiger partial charge < -0.3 is 5.32 Å². The second kappa shape index (κ2) is 5.36. The molecule has 2 aromatic heterocycles. The van der Waals surface area contributed by atoms with Crippen LogP contribution in [0.2, 0.25) is 0 Å². The van der Waals surface area contributed by atoms with E-state index in [1.165, 1.54) is 4.70 Å². The van der Waals surface area contributed by atoms with Crippen LogP contribution in [0.3, 0.4) is 0 Å². The summed E-state index contributed by atoms with van der Waals surface area (Å²) < 4.78 is 3.14. The zero-order chi connectivity index (χ0) is 13.1. The zero-order valence-corrected chi connectivity index (χ0v) is 11.5. The molecule has 1 aromatic carbocycles. The van der Waals surface area contributed by atoms with E-state index in [4.69, 9.17) is 0 Å². The summed E-state index contributed by atoms with van der Waals surface area (Å²) in [5.74, 6) is 0.964. The molecule has 0 aliphatic carbocycles. The standard InChI is InChI=1S/C13H15N5S/c1-2-5-18-13(15-8-17-18)7-14-10-3-4-11-12(6-10)19-9-16-11/h3-4,6,8-9,14H,2,5,7H2,1H3. The minimum Gasteiger partial charge on any atom is -0.378 e. The van der Waals surface area contributed by atoms with Gasteiger partial charge >= 0.3 is 0 Å². The Morgan fingerprint density at radius 2 is 2.26 bits per heavy atom. The van der Waals surface area contributed by atoms with Crippen LogP contribution in [0, 0.1) is 0 Å². The van der Waals surface area contributed by atoms with Crippen LogP contribution in [0.15, 0.2) is 30.0 Å². The van der Waals surface area contributed by atoms with E-state index in [0.29, 0.717) is 6.54 Å². The topological polar surface area (TPSA) is 55.6 Å². The predicted octanol–water partition coefficient (Wildman–Crippen LogP) is 2.91. The van der Waals surface area contributed by atoms with Crippen LogP contribution < -0.4 is 5.32 Å². The van der Waals surface area contributed by atoms with Gasteiger partial charge in [-0.25, -0.2) is 14.6 Å². The van der Waals surface area contributed by atoms with Gasteiger partial charge in [0.2, 0.25) is 0 Å². The number of aromatic nitrogens is 4. The fraction of sp³-hybridized carbons (Fsp3) is 0.308. The lowest BCUT2D eigenvalue weighted by molar-refractivity contribution is 0.574. The van der Waals surface area contributed by atoms with Gasteiger partial charge in [0.15, 0.2) is 0 Å². The molecule has 0 spiro atoms. The van der Waals surface area contributed by atoms with Crippen molar-refractivity contribution in [1.82, 2.24) is 19.7 Å². The number of benzene rings is 1. The van der Waals surface area contributed by atoms with Crippen LogP contribution in [-0.4, -0.2) is 19.7 Å². The Morgan fingerprint density at radius 3 is 3.16 bits per heavy atom. The number of anilines is 1. The molecular formula is C13H15N5S. The van der Waals surface area contributed by atoms with Crippen molar-refractivity contribution in [3.8, 4) is 0 Å². The maximum atomic E-state index is 4.28. The summed E-state index contributed by atoms with van der Waals surface area (Å²) in [5, 5.41) is 7.60. The van der Waals surface area contributed by atoms with Gasteiger partial charge in [0.05, 0.1) is 22.3 Å². The third kappa shape index (κ3) is 2.58. The molecule has 0 unspecified atom stereocenters. The molecule has 0 aliphatic heterocycles. The Balaban J connectivity index is 1.72. The fourth-order valence-electron chi connectivity index (χ4n) is 1.97. The smallest absolute Gasteiger partial charge is 0.146 e. The first-order valence-corrected chi connectivity index (χ1v) is 7.18. The van der Waals surface area contributed by atoms with E-state index in [1.54, 1.807) is 17.7 Å². The van der Waals surface area contributed by atoms with Crippen LogP contribution in [0.25, 0.3) is 10.2 Å². The van der Waals surface area contributed by atoms with Crippen molar-refractivity contribution in [1.29, 1.82) is 0 Å². The Hall–Kier alpha value is -1.95. The van der Waals surface area contributed by atoms with E-state index < -0.39 is 0 Å². The highest BCUT2D eigenvalue weighted by Gasteiger charge is 2.04. The van der Waals surface area contributed by atoms with Gasteiger partial charge in [0.25, 0.3) is 0 Å². The third-order valence-corrected chi connectivity index (χ3v) is 3.70. The lowest BCUT2D eigenvalue weighted by atomic mass is 10.3. The van der Waals surface area contributed by atoms with Crippen LogP contribution in [0.4, 0.5) is 5.69 Å². The Bertz CT molecular complexity index is 672. The number of aryl methyl sites for hydroxylation is 1. The molecule has 2 heterocycles. The van der Waals surface area contributed by atoms with E-state index >= 15 is 0 Å². The molecular weight excluding hydrogens is 258 g/mol. The molecule has 0 amide bonds. The molecule has 0 fully saturated rings. The first kappa shape index (κ1) is 12.1. The number of nitrogens with zero attached hydrogens (tertiary/aromatic N) is 4. The highest BCUT2D eigenvalue weighted by atomic mass is 32.1. The molecule has 0 atom stereocenters. The Morgan fingerprint density at radius 1 is 1.32 bits per heavy atom. The number of fused-ring (bicyclic) bond motifs is 1. The molecule has 98 valence electrons. The van der Waals surface area contributed by atoms with Crippen molar-refractivity contribution in [3.05, 3.63) is 35.9 Å². The molecule has 1 N–H and O–H groups in total. The summed E-state index contributed by atoms with van der Waals surface area (Å²) >= 11 is 1.65. The van der Waals surface area contributed by atoms with Crippen molar-refractivity contribution in [2.75, 3.05) is 5.32 Å². The van der Waals surface area contributed by atoms with Crippen LogP contribution in [0.1, 0.15) is 19.2 Å². The number of nitrogens with one attached hydrogen (secondary N) is 1. The van der Waals surface area contributed by atoms with Gasteiger partial charge in [-0.15, -0.1) is 11.3 Å². The van der Waals surface area contributed by atoms with Crippen LogP contribution >= 0.6 is 11.3 Å². The molecule has 3 rings (SSSR count). The summed E-state index contributed by atoms with van der Waals surface area (Å²) in [6.07, 6.45) is 2.67. The monoisotopic (exact) mass is 273 g/mol. The quantitative estimate of drug-likeness (QED) is 0.776. The lowest BCUT2D eigenvalue weighted by Gasteiger charge is -2.07. The summed E-state index contributed by atoms with van der Waals surface area (Å²) in [6, 6.07) is 6.20. The number of hydrogen-bond donors (Lipinski definition) is 1. The summed E-state index contributed by atoms with van der Waals surface area (Å²) in [4.78, 5) is 8.55. The normalized spacial score (nSPS) is 11.0. The third-order valence-electron chi connectivity index (χ3n) is 2.91. The minimum atomic E-state index is 0.685. The molecule has 19 heavy (non-hydrogen) atoms. The van der Waals surface area contributed by atoms with E-state index in [2.05, 4.69) is 33.4 Å². The number of thiazole rings is 1. The highest BCUT2D eigenvalue weighted by Crippen LogP contribution is 2.22. The zero-order valence-electron chi connectivity index (χ0n) is 10.7. The first-order chi connectivity index (χ1) is 9.36. The molecule has 3 aromatic rings. The Kier molecular flexibility index (Phi) is 3.41. The van der Waals surface area contributed by atoms with Crippen LogP contribution in [0.5, 0.6) is 0 Å². The molecule has 0 saturated carbocycles. The molecule has 0 radical (unpaired) electrons. The largest absolute Gasteiger partial charge is 0.378 e. The highest BCUT2D eigenvalue weighted by molar-refractivity contribution is 7.16. The van der Waals surface area contributed by atoms with Crippen LogP contribution in [-0.2, 0) is 13.1 Å². The van der Waals surface area contributed by atoms with E-state index in [0.717, 1.165) is 30.0 Å². The second-order valence-electron chi connectivity index (χ2n) is 4.29. The molecule has 5 nitrogen and oxygen atoms in total. The molecule has 0 saturated heterocycles. The van der Waals surface area contributed by atoms with Gasteiger partial charge in [0, 0.05) is 12.2 Å². The van der Waals surface area contributed by atoms with Gasteiger partial charge in [0.1, 0.15) is 12.2 Å². The predicted molar refractivity (Wildman–Crippen MR) is 77.3 cm³/mol. The van der Waals surface area contributed by atoms with E-state index in [1.807, 2.05) is 22.3 Å². The van der Waals surface area contributed by atoms with Crippen molar-refractivity contribution in [2.45, 2.75) is 26.4 Å².